The third kappa shape index (κ3) is 5.49. The summed E-state index contributed by atoms with van der Waals surface area (Å²) in [6.45, 7) is 0.607. The van der Waals surface area contributed by atoms with Crippen LogP contribution >= 0.6 is 0 Å². The lowest BCUT2D eigenvalue weighted by atomic mass is 10.2. The van der Waals surface area contributed by atoms with Crippen LogP contribution in [0.4, 0.5) is 8.78 Å². The Hall–Kier alpha value is -2.71. The van der Waals surface area contributed by atoms with E-state index in [1.165, 1.54) is 12.4 Å². The van der Waals surface area contributed by atoms with Gasteiger partial charge in [-0.25, -0.2) is 9.98 Å². The van der Waals surface area contributed by atoms with Gasteiger partial charge in [-0.15, -0.1) is 0 Å². The number of halogens is 2. The number of hydrogen-bond donors (Lipinski definition) is 2. The molecule has 0 atom stereocenters. The fourth-order valence-corrected chi connectivity index (χ4v) is 1.98. The van der Waals surface area contributed by atoms with Gasteiger partial charge in [-0.2, -0.15) is 13.9 Å². The minimum atomic E-state index is -2.84. The molecule has 0 amide bonds. The topological polar surface area (TPSA) is 76.4 Å². The smallest absolute Gasteiger partial charge is 0.387 e. The van der Waals surface area contributed by atoms with Crippen LogP contribution < -0.4 is 15.4 Å². The largest absolute Gasteiger partial charge is 0.435 e. The fraction of sp³-hybridized carbons (Fsp3) is 0.400. The van der Waals surface area contributed by atoms with Crippen LogP contribution in [0.1, 0.15) is 18.3 Å². The Morgan fingerprint density at radius 3 is 2.88 bits per heavy atom. The Bertz CT molecular complexity index is 673. The molecule has 0 radical (unpaired) electrons. The predicted octanol–water partition coefficient (Wildman–Crippen LogP) is 1.67. The maximum absolute atomic E-state index is 12.3. The summed E-state index contributed by atoms with van der Waals surface area (Å²) in [5.41, 5.74) is 0.768. The van der Waals surface area contributed by atoms with Crippen molar-refractivity contribution in [2.45, 2.75) is 26.6 Å². The number of aliphatic imine (C=N–C) groups is 1. The van der Waals surface area contributed by atoms with Crippen LogP contribution in [0, 0.1) is 0 Å². The zero-order valence-corrected chi connectivity index (χ0v) is 13.5. The van der Waals surface area contributed by atoms with Crippen LogP contribution in [-0.2, 0) is 20.1 Å². The van der Waals surface area contributed by atoms with Crippen LogP contribution in [0.5, 0.6) is 5.75 Å². The summed E-state index contributed by atoms with van der Waals surface area (Å²) in [5.74, 6) is 1.49. The first-order valence-corrected chi connectivity index (χ1v) is 7.47. The van der Waals surface area contributed by atoms with Gasteiger partial charge >= 0.3 is 6.61 Å². The molecule has 130 valence electrons. The molecular weight excluding hydrogens is 318 g/mol. The maximum atomic E-state index is 12.3. The molecule has 0 aliphatic carbocycles. The standard InChI is InChI=1S/C15H20F2N6O/c1-3-18-15(20-9-13-21-10-22-23(13)2)19-8-11-5-4-6-12(7-11)24-14(16)17/h4-7,10,14H,3,8-9H2,1-2H3,(H2,18,19,20). The number of rotatable bonds is 7. The molecule has 1 aromatic carbocycles. The van der Waals surface area contributed by atoms with Gasteiger partial charge in [0.2, 0.25) is 0 Å². The van der Waals surface area contributed by atoms with E-state index >= 15 is 0 Å². The molecule has 2 N–H and O–H groups in total. The Morgan fingerprint density at radius 1 is 1.38 bits per heavy atom. The van der Waals surface area contributed by atoms with Crippen molar-refractivity contribution in [1.82, 2.24) is 25.4 Å². The second-order valence-electron chi connectivity index (χ2n) is 4.87. The van der Waals surface area contributed by atoms with E-state index in [2.05, 4.69) is 30.4 Å². The number of ether oxygens (including phenoxy) is 1. The number of aromatic nitrogens is 3. The minimum absolute atomic E-state index is 0.120. The molecule has 2 rings (SSSR count). The summed E-state index contributed by atoms with van der Waals surface area (Å²) in [6, 6.07) is 6.48. The lowest BCUT2D eigenvalue weighted by Gasteiger charge is -2.11. The van der Waals surface area contributed by atoms with Gasteiger partial charge in [0.1, 0.15) is 17.9 Å². The highest BCUT2D eigenvalue weighted by Crippen LogP contribution is 2.16. The molecular formula is C15H20F2N6O. The van der Waals surface area contributed by atoms with Gasteiger partial charge in [-0.05, 0) is 24.6 Å². The molecule has 1 heterocycles. The van der Waals surface area contributed by atoms with Crippen molar-refractivity contribution < 1.29 is 13.5 Å². The van der Waals surface area contributed by atoms with Gasteiger partial charge in [0.25, 0.3) is 0 Å². The monoisotopic (exact) mass is 338 g/mol. The average Bonchev–Trinajstić information content (AvgIpc) is 2.95. The Kier molecular flexibility index (Phi) is 6.47. The Morgan fingerprint density at radius 2 is 2.21 bits per heavy atom. The van der Waals surface area contributed by atoms with Crippen LogP contribution in [-0.4, -0.2) is 33.9 Å². The first-order chi connectivity index (χ1) is 11.6. The maximum Gasteiger partial charge on any atom is 0.387 e. The van der Waals surface area contributed by atoms with Crippen molar-refractivity contribution in [2.75, 3.05) is 6.54 Å². The van der Waals surface area contributed by atoms with Crippen LogP contribution in [0.25, 0.3) is 0 Å². The van der Waals surface area contributed by atoms with E-state index in [-0.39, 0.29) is 5.75 Å². The number of hydrogen-bond acceptors (Lipinski definition) is 4. The molecule has 0 aliphatic rings. The third-order valence-electron chi connectivity index (χ3n) is 3.11. The summed E-state index contributed by atoms with van der Waals surface area (Å²) < 4.78 is 30.6. The average molecular weight is 338 g/mol. The summed E-state index contributed by atoms with van der Waals surface area (Å²) in [6.07, 6.45) is 1.48. The molecule has 2 aromatic rings. The molecule has 0 bridgehead atoms. The lowest BCUT2D eigenvalue weighted by Crippen LogP contribution is -2.37. The molecule has 1 aromatic heterocycles. The highest BCUT2D eigenvalue weighted by molar-refractivity contribution is 5.79. The molecule has 0 saturated heterocycles. The van der Waals surface area contributed by atoms with Crippen LogP contribution in [0.3, 0.4) is 0 Å². The molecule has 0 aliphatic heterocycles. The number of alkyl halides is 2. The number of benzene rings is 1. The van der Waals surface area contributed by atoms with E-state index in [0.29, 0.717) is 25.6 Å². The molecule has 0 spiro atoms. The summed E-state index contributed by atoms with van der Waals surface area (Å²) in [7, 11) is 1.81. The van der Waals surface area contributed by atoms with Gasteiger partial charge in [0, 0.05) is 13.6 Å². The third-order valence-corrected chi connectivity index (χ3v) is 3.11. The van der Waals surface area contributed by atoms with Crippen LogP contribution in [0.15, 0.2) is 35.6 Å². The molecule has 9 heteroatoms. The van der Waals surface area contributed by atoms with Gasteiger partial charge in [0.15, 0.2) is 5.96 Å². The molecule has 24 heavy (non-hydrogen) atoms. The van der Waals surface area contributed by atoms with Gasteiger partial charge in [-0.1, -0.05) is 12.1 Å². The highest BCUT2D eigenvalue weighted by atomic mass is 19.3. The lowest BCUT2D eigenvalue weighted by molar-refractivity contribution is -0.0498. The highest BCUT2D eigenvalue weighted by Gasteiger charge is 2.05. The molecule has 7 nitrogen and oxygen atoms in total. The summed E-state index contributed by atoms with van der Waals surface area (Å²) in [5, 5.41) is 10.3. The summed E-state index contributed by atoms with van der Waals surface area (Å²) in [4.78, 5) is 8.55. The van der Waals surface area contributed by atoms with E-state index in [1.807, 2.05) is 14.0 Å². The number of aryl methyl sites for hydroxylation is 1. The number of nitrogens with one attached hydrogen (secondary N) is 2. The van der Waals surface area contributed by atoms with Crippen molar-refractivity contribution in [3.63, 3.8) is 0 Å². The Labute approximate surface area is 138 Å². The van der Waals surface area contributed by atoms with Gasteiger partial charge < -0.3 is 15.4 Å². The molecule has 0 unspecified atom stereocenters. The van der Waals surface area contributed by atoms with Gasteiger partial charge in [0.05, 0.1) is 13.1 Å². The Balaban J connectivity index is 1.98. The van der Waals surface area contributed by atoms with E-state index in [9.17, 15) is 8.78 Å². The zero-order valence-electron chi connectivity index (χ0n) is 13.5. The fourth-order valence-electron chi connectivity index (χ4n) is 1.98. The predicted molar refractivity (Wildman–Crippen MR) is 85.7 cm³/mol. The van der Waals surface area contributed by atoms with E-state index in [4.69, 9.17) is 0 Å². The second kappa shape index (κ2) is 8.80. The molecule has 0 fully saturated rings. The number of nitrogens with zero attached hydrogens (tertiary/aromatic N) is 4. The van der Waals surface area contributed by atoms with E-state index < -0.39 is 6.61 Å². The SMILES string of the molecule is CCNC(=NCc1cccc(OC(F)F)c1)NCc1ncnn1C. The first kappa shape index (κ1) is 17.6. The van der Waals surface area contributed by atoms with Crippen molar-refractivity contribution in [1.29, 1.82) is 0 Å². The van der Waals surface area contributed by atoms with Gasteiger partial charge in [-0.3, -0.25) is 4.68 Å². The normalized spacial score (nSPS) is 11.6. The molecule has 0 saturated carbocycles. The zero-order chi connectivity index (χ0) is 17.4. The van der Waals surface area contributed by atoms with Crippen molar-refractivity contribution >= 4 is 5.96 Å². The van der Waals surface area contributed by atoms with Crippen molar-refractivity contribution in [3.05, 3.63) is 42.0 Å². The van der Waals surface area contributed by atoms with Crippen LogP contribution in [0.2, 0.25) is 0 Å². The van der Waals surface area contributed by atoms with E-state index in [1.54, 1.807) is 22.9 Å². The summed E-state index contributed by atoms with van der Waals surface area (Å²) >= 11 is 0. The van der Waals surface area contributed by atoms with Crippen molar-refractivity contribution in [3.8, 4) is 5.75 Å². The quantitative estimate of drug-likeness (QED) is 0.593. The minimum Gasteiger partial charge on any atom is -0.435 e. The van der Waals surface area contributed by atoms with E-state index in [0.717, 1.165) is 11.4 Å². The first-order valence-electron chi connectivity index (χ1n) is 7.47. The van der Waals surface area contributed by atoms with Crippen molar-refractivity contribution in [2.24, 2.45) is 12.0 Å². The second-order valence-corrected chi connectivity index (χ2v) is 4.87. The number of guanidine groups is 1.